The third-order valence-electron chi connectivity index (χ3n) is 1.33. The number of alkyl halides is 3. The van der Waals surface area contributed by atoms with Crippen LogP contribution in [-0.4, -0.2) is 17.4 Å². The van der Waals surface area contributed by atoms with Crippen LogP contribution in [-0.2, 0) is 0 Å². The van der Waals surface area contributed by atoms with Gasteiger partial charge in [-0.3, -0.25) is 0 Å². The average Bonchev–Trinajstić information content (AvgIpc) is 2.19. The predicted molar refractivity (Wildman–Crippen MR) is 51.4 cm³/mol. The van der Waals surface area contributed by atoms with Crippen LogP contribution in [0.3, 0.4) is 0 Å². The third kappa shape index (κ3) is 5.23. The summed E-state index contributed by atoms with van der Waals surface area (Å²) in [5.74, 6) is -1.65. The number of hydrogen-bond acceptors (Lipinski definition) is 2. The molecule has 3 nitrogen and oxygen atoms in total. The number of carboxylic acids is 1. The lowest BCUT2D eigenvalue weighted by Gasteiger charge is -2.08. The lowest BCUT2D eigenvalue weighted by molar-refractivity contribution is -0.274. The lowest BCUT2D eigenvalue weighted by Crippen LogP contribution is -2.17. The molecule has 0 spiro atoms. The number of carbonyl (C=O) groups is 1. The predicted octanol–water partition coefficient (Wildman–Crippen LogP) is 3.31. The monoisotopic (exact) mass is 236 g/mol. The van der Waals surface area contributed by atoms with Crippen molar-refractivity contribution < 1.29 is 27.8 Å². The van der Waals surface area contributed by atoms with Gasteiger partial charge in [0.1, 0.15) is 5.75 Å². The number of carboxylic acid groups (broad SMARTS) is 1. The molecule has 0 saturated heterocycles. The summed E-state index contributed by atoms with van der Waals surface area (Å²) in [4.78, 5) is 10.3. The minimum Gasteiger partial charge on any atom is -0.478 e. The summed E-state index contributed by atoms with van der Waals surface area (Å²) in [5, 5.41) is 8.45. The molecule has 0 heterocycles. The molecule has 1 N–H and O–H groups in total. The van der Waals surface area contributed by atoms with Crippen LogP contribution < -0.4 is 4.74 Å². The number of aromatic carboxylic acids is 1. The Labute approximate surface area is 90.5 Å². The van der Waals surface area contributed by atoms with Crippen LogP contribution >= 0.6 is 0 Å². The number of ether oxygens (including phenoxy) is 1. The van der Waals surface area contributed by atoms with Gasteiger partial charge in [-0.05, 0) is 24.3 Å². The Morgan fingerprint density at radius 3 is 1.94 bits per heavy atom. The molecule has 0 aliphatic heterocycles. The van der Waals surface area contributed by atoms with Gasteiger partial charge < -0.3 is 9.84 Å². The summed E-state index contributed by atoms with van der Waals surface area (Å²) in [6, 6.07) is 3.95. The molecule has 16 heavy (non-hydrogen) atoms. The van der Waals surface area contributed by atoms with E-state index in [2.05, 4.69) is 4.74 Å². The zero-order valence-corrected chi connectivity index (χ0v) is 8.71. The molecular formula is C10H11F3O3. The number of hydrogen-bond donors (Lipinski definition) is 1. The first-order chi connectivity index (χ1) is 7.38. The molecular weight excluding hydrogens is 225 g/mol. The Hall–Kier alpha value is -1.72. The third-order valence-corrected chi connectivity index (χ3v) is 1.33. The first kappa shape index (κ1) is 14.3. The van der Waals surface area contributed by atoms with Gasteiger partial charge in [0.15, 0.2) is 0 Å². The molecule has 6 heteroatoms. The Kier molecular flexibility index (Phi) is 5.35. The second kappa shape index (κ2) is 5.99. The van der Waals surface area contributed by atoms with E-state index in [0.717, 1.165) is 24.3 Å². The lowest BCUT2D eigenvalue weighted by atomic mass is 10.2. The van der Waals surface area contributed by atoms with Gasteiger partial charge in [-0.15, -0.1) is 13.2 Å². The van der Waals surface area contributed by atoms with Crippen LogP contribution in [0.5, 0.6) is 5.75 Å². The molecule has 0 saturated carbocycles. The molecule has 0 unspecified atom stereocenters. The summed E-state index contributed by atoms with van der Waals surface area (Å²) in [6.07, 6.45) is -4.76. The second-order valence-corrected chi connectivity index (χ2v) is 2.38. The van der Waals surface area contributed by atoms with E-state index >= 15 is 0 Å². The van der Waals surface area contributed by atoms with Crippen LogP contribution in [0.15, 0.2) is 24.3 Å². The fourth-order valence-electron chi connectivity index (χ4n) is 0.799. The maximum atomic E-state index is 11.7. The van der Waals surface area contributed by atoms with E-state index in [4.69, 9.17) is 5.11 Å². The largest absolute Gasteiger partial charge is 0.573 e. The van der Waals surface area contributed by atoms with Crippen LogP contribution in [0.1, 0.15) is 24.2 Å². The fraction of sp³-hybridized carbons (Fsp3) is 0.300. The molecule has 0 atom stereocenters. The molecule has 90 valence electrons. The summed E-state index contributed by atoms with van der Waals surface area (Å²) in [6.45, 7) is 4.00. The van der Waals surface area contributed by atoms with Crippen LogP contribution in [0, 0.1) is 0 Å². The summed E-state index contributed by atoms with van der Waals surface area (Å²) in [7, 11) is 0. The molecule has 0 bridgehead atoms. The van der Waals surface area contributed by atoms with E-state index in [1.165, 1.54) is 0 Å². The molecule has 1 rings (SSSR count). The Balaban J connectivity index is 0.00000106. The molecule has 0 fully saturated rings. The first-order valence-electron chi connectivity index (χ1n) is 4.47. The van der Waals surface area contributed by atoms with Crippen molar-refractivity contribution in [1.82, 2.24) is 0 Å². The molecule has 0 aliphatic carbocycles. The van der Waals surface area contributed by atoms with Gasteiger partial charge in [0.2, 0.25) is 0 Å². The van der Waals surface area contributed by atoms with Gasteiger partial charge in [-0.25, -0.2) is 4.79 Å². The number of halogens is 3. The topological polar surface area (TPSA) is 46.5 Å². The van der Waals surface area contributed by atoms with Crippen molar-refractivity contribution in [1.29, 1.82) is 0 Å². The van der Waals surface area contributed by atoms with Crippen LogP contribution in [0.2, 0.25) is 0 Å². The Morgan fingerprint density at radius 2 is 1.62 bits per heavy atom. The van der Waals surface area contributed by atoms with E-state index in [1.54, 1.807) is 0 Å². The Bertz CT molecular complexity index is 330. The second-order valence-electron chi connectivity index (χ2n) is 2.38. The van der Waals surface area contributed by atoms with Crippen molar-refractivity contribution in [3.8, 4) is 5.75 Å². The van der Waals surface area contributed by atoms with Crippen LogP contribution in [0.4, 0.5) is 13.2 Å². The maximum absolute atomic E-state index is 11.7. The summed E-state index contributed by atoms with van der Waals surface area (Å²) >= 11 is 0. The number of benzene rings is 1. The summed E-state index contributed by atoms with van der Waals surface area (Å²) < 4.78 is 38.5. The van der Waals surface area contributed by atoms with E-state index in [1.807, 2.05) is 13.8 Å². The normalized spacial score (nSPS) is 10.1. The van der Waals surface area contributed by atoms with Gasteiger partial charge in [0.25, 0.3) is 0 Å². The minimum absolute atomic E-state index is 0.0977. The first-order valence-corrected chi connectivity index (χ1v) is 4.47. The minimum atomic E-state index is -4.76. The highest BCUT2D eigenvalue weighted by Gasteiger charge is 2.30. The maximum Gasteiger partial charge on any atom is 0.573 e. The summed E-state index contributed by atoms with van der Waals surface area (Å²) in [5.41, 5.74) is -0.0977. The number of rotatable bonds is 2. The molecule has 1 aromatic carbocycles. The zero-order chi connectivity index (χ0) is 12.8. The Morgan fingerprint density at radius 1 is 1.19 bits per heavy atom. The average molecular weight is 236 g/mol. The van der Waals surface area contributed by atoms with Crippen LogP contribution in [0.25, 0.3) is 0 Å². The van der Waals surface area contributed by atoms with Gasteiger partial charge in [0.05, 0.1) is 5.56 Å². The van der Waals surface area contributed by atoms with Crippen molar-refractivity contribution >= 4 is 5.97 Å². The molecule has 0 amide bonds. The molecule has 0 aliphatic rings. The fourth-order valence-corrected chi connectivity index (χ4v) is 0.799. The van der Waals surface area contributed by atoms with Gasteiger partial charge in [-0.1, -0.05) is 13.8 Å². The zero-order valence-electron chi connectivity index (χ0n) is 8.71. The quantitative estimate of drug-likeness (QED) is 0.856. The van der Waals surface area contributed by atoms with Gasteiger partial charge >= 0.3 is 12.3 Å². The van der Waals surface area contributed by atoms with Crippen molar-refractivity contribution in [2.45, 2.75) is 20.2 Å². The highest BCUT2D eigenvalue weighted by Crippen LogP contribution is 2.22. The van der Waals surface area contributed by atoms with E-state index in [-0.39, 0.29) is 5.56 Å². The molecule has 0 aromatic heterocycles. The SMILES string of the molecule is CC.O=C(O)c1ccc(OC(F)(F)F)cc1. The van der Waals surface area contributed by atoms with E-state index < -0.39 is 18.1 Å². The van der Waals surface area contributed by atoms with Gasteiger partial charge in [-0.2, -0.15) is 0 Å². The van der Waals surface area contributed by atoms with Gasteiger partial charge in [0, 0.05) is 0 Å². The van der Waals surface area contributed by atoms with Crippen molar-refractivity contribution in [3.05, 3.63) is 29.8 Å². The van der Waals surface area contributed by atoms with Crippen molar-refractivity contribution in [2.24, 2.45) is 0 Å². The molecule has 1 aromatic rings. The van der Waals surface area contributed by atoms with E-state index in [9.17, 15) is 18.0 Å². The standard InChI is InChI=1S/C8H5F3O3.C2H6/c9-8(10,11)14-6-3-1-5(2-4-6)7(12)13;1-2/h1-4H,(H,12,13);1-2H3. The highest BCUT2D eigenvalue weighted by molar-refractivity contribution is 5.87. The highest BCUT2D eigenvalue weighted by atomic mass is 19.4. The van der Waals surface area contributed by atoms with Crippen molar-refractivity contribution in [2.75, 3.05) is 0 Å². The van der Waals surface area contributed by atoms with Crippen molar-refractivity contribution in [3.63, 3.8) is 0 Å². The smallest absolute Gasteiger partial charge is 0.478 e. The van der Waals surface area contributed by atoms with E-state index in [0.29, 0.717) is 0 Å². The molecule has 0 radical (unpaired) electrons.